The van der Waals surface area contributed by atoms with E-state index in [0.29, 0.717) is 43.0 Å². The molecule has 8 N–H and O–H groups in total. The number of carboxylic acid groups (broad SMARTS) is 1. The fraction of sp³-hybridized carbons (Fsp3) is 0.438. The molecule has 3 heterocycles. The molecular formula is C48H62Cl6F3N12O11P. The number of benzene rings is 3. The number of carbonyl (C=O) groups is 3. The Hall–Kier alpha value is -5.51. The van der Waals surface area contributed by atoms with Crippen molar-refractivity contribution in [2.45, 2.75) is 90.4 Å². The number of carboxylic acids is 1. The number of rotatable bonds is 16. The van der Waals surface area contributed by atoms with Crippen molar-refractivity contribution < 1.29 is 61.4 Å². The number of aryl methyl sites for hydroxylation is 2. The summed E-state index contributed by atoms with van der Waals surface area (Å²) in [5, 5.41) is 29.9. The number of nitro groups is 1. The van der Waals surface area contributed by atoms with Gasteiger partial charge in [-0.25, -0.2) is 4.68 Å². The van der Waals surface area contributed by atoms with Crippen LogP contribution in [0, 0.1) is 17.0 Å². The summed E-state index contributed by atoms with van der Waals surface area (Å²) in [6.45, 7) is 17.3. The molecule has 2 atom stereocenters. The molecule has 0 bridgehead atoms. The number of para-hydroxylation sites is 3. The number of hydrogen-bond donors (Lipinski definition) is 7. The van der Waals surface area contributed by atoms with E-state index in [9.17, 15) is 42.2 Å². The number of hydrogen-bond acceptors (Lipinski definition) is 16. The lowest BCUT2D eigenvalue weighted by molar-refractivity contribution is -0.383. The minimum absolute atomic E-state index is 0.0223. The minimum atomic E-state index is -4.63. The van der Waals surface area contributed by atoms with Crippen LogP contribution in [-0.4, -0.2) is 130 Å². The molecule has 0 fully saturated rings. The van der Waals surface area contributed by atoms with E-state index >= 15 is 0 Å². The number of alkyl halides is 6. The van der Waals surface area contributed by atoms with Gasteiger partial charge in [-0.05, 0) is 102 Å². The van der Waals surface area contributed by atoms with Gasteiger partial charge in [-0.2, -0.15) is 33.2 Å². The summed E-state index contributed by atoms with van der Waals surface area (Å²) in [6.07, 6.45) is -3.50. The number of halogens is 9. The highest BCUT2D eigenvalue weighted by molar-refractivity contribution is 7.51. The zero-order valence-corrected chi connectivity index (χ0v) is 50.5. The summed E-state index contributed by atoms with van der Waals surface area (Å²) in [6, 6.07) is 14.6. The molecule has 3 aromatic carbocycles. The Morgan fingerprint density at radius 1 is 1.02 bits per heavy atom. The lowest BCUT2D eigenvalue weighted by atomic mass is 10.0. The van der Waals surface area contributed by atoms with Crippen LogP contribution in [0.3, 0.4) is 0 Å². The molecule has 448 valence electrons. The number of methoxy groups -OCH3 is 1. The van der Waals surface area contributed by atoms with E-state index in [-0.39, 0.29) is 56.3 Å². The fourth-order valence-electron chi connectivity index (χ4n) is 6.95. The quantitative estimate of drug-likeness (QED) is 0.0209. The Labute approximate surface area is 495 Å². The number of nitrogens with one attached hydrogen (secondary N) is 3. The van der Waals surface area contributed by atoms with Gasteiger partial charge in [-0.3, -0.25) is 34.4 Å². The summed E-state index contributed by atoms with van der Waals surface area (Å²) in [5.41, 5.74) is 7.61. The van der Waals surface area contributed by atoms with Crippen LogP contribution in [0.25, 0.3) is 5.69 Å². The molecule has 23 nitrogen and oxygen atoms in total. The van der Waals surface area contributed by atoms with Gasteiger partial charge in [0.05, 0.1) is 63.4 Å². The second-order valence-corrected chi connectivity index (χ2v) is 22.1. The molecule has 0 spiro atoms. The maximum atomic E-state index is 12.6. The van der Waals surface area contributed by atoms with Crippen molar-refractivity contribution >= 4 is 130 Å². The van der Waals surface area contributed by atoms with Gasteiger partial charge in [-0.1, -0.05) is 83.7 Å². The highest BCUT2D eigenvalue weighted by atomic mass is 35.5. The Bertz CT molecular complexity index is 2940. The molecule has 5 aromatic rings. The van der Waals surface area contributed by atoms with Crippen LogP contribution < -0.4 is 36.2 Å². The van der Waals surface area contributed by atoms with Crippen molar-refractivity contribution in [1.29, 1.82) is 0 Å². The molecular weight excluding hydrogens is 1220 g/mol. The third kappa shape index (κ3) is 23.3. The van der Waals surface area contributed by atoms with E-state index in [2.05, 4.69) is 49.0 Å². The van der Waals surface area contributed by atoms with E-state index in [0.717, 1.165) is 46.3 Å². The van der Waals surface area contributed by atoms with Crippen LogP contribution in [0.4, 0.5) is 47.9 Å². The third-order valence-electron chi connectivity index (χ3n) is 10.2. The maximum absolute atomic E-state index is 12.6. The molecule has 1 aliphatic heterocycles. The monoisotopic (exact) mass is 1280 g/mol. The molecule has 0 saturated heterocycles. The molecule has 6 rings (SSSR count). The highest BCUT2D eigenvalue weighted by Gasteiger charge is 2.34. The first-order valence-electron chi connectivity index (χ1n) is 23.9. The summed E-state index contributed by atoms with van der Waals surface area (Å²) < 4.78 is 59.4. The van der Waals surface area contributed by atoms with Gasteiger partial charge in [0.2, 0.25) is 28.9 Å². The van der Waals surface area contributed by atoms with Gasteiger partial charge in [0.15, 0.2) is 4.84 Å². The second-order valence-electron chi connectivity index (χ2n) is 17.9. The zero-order chi connectivity index (χ0) is 61.7. The number of amides is 2. The Morgan fingerprint density at radius 3 is 2.12 bits per heavy atom. The predicted molar refractivity (Wildman–Crippen MR) is 309 cm³/mol. The number of nitrogens with zero attached hydrogens (tertiary/aromatic N) is 8. The Morgan fingerprint density at radius 2 is 1.63 bits per heavy atom. The molecule has 0 radical (unpaired) electrons. The van der Waals surface area contributed by atoms with E-state index in [4.69, 9.17) is 99.7 Å². The predicted octanol–water partition coefficient (Wildman–Crippen LogP) is 10.4. The number of ether oxygens (including phenoxy) is 2. The van der Waals surface area contributed by atoms with Crippen molar-refractivity contribution in [2.75, 3.05) is 71.7 Å². The van der Waals surface area contributed by atoms with E-state index in [1.54, 1.807) is 16.9 Å². The van der Waals surface area contributed by atoms with E-state index in [1.807, 2.05) is 84.9 Å². The number of carbonyl (C=O) groups excluding carboxylic acids is 2. The van der Waals surface area contributed by atoms with Crippen molar-refractivity contribution in [3.8, 4) is 11.4 Å². The number of aromatic nitrogens is 5. The molecule has 0 saturated carbocycles. The number of fused-ring (bicyclic) bond motifs is 1. The van der Waals surface area contributed by atoms with Crippen LogP contribution in [0.2, 0.25) is 15.3 Å². The zero-order valence-electron chi connectivity index (χ0n) is 45.1. The van der Waals surface area contributed by atoms with Crippen LogP contribution >= 0.6 is 77.2 Å². The lowest BCUT2D eigenvalue weighted by Gasteiger charge is -2.35. The Balaban J connectivity index is 0.000000352. The van der Waals surface area contributed by atoms with Crippen molar-refractivity contribution in [3.05, 3.63) is 103 Å². The summed E-state index contributed by atoms with van der Waals surface area (Å²) >= 11 is 34.3. The molecule has 0 aliphatic carbocycles. The van der Waals surface area contributed by atoms with Crippen LogP contribution in [-0.2, 0) is 36.3 Å². The molecule has 2 unspecified atom stereocenters. The van der Waals surface area contributed by atoms with E-state index < -0.39 is 59.4 Å². The molecule has 33 heteroatoms. The van der Waals surface area contributed by atoms with Crippen LogP contribution in [0.1, 0.15) is 65.2 Å². The number of nitrogens with two attached hydrogens (primary N) is 1. The SMILES string of the molecule is CC1COc2ccccc2N1C(=O)C(Cl)Cl.CCNc1nc(Cl)nc(NC(C)(C)C)n1.CCc1cccc(C)c1N(C(=O)CCl)C(C)COC.Nc1c([N+](=O)[O-])cnn1-c1c(Cl)cc(C(F)(F)F)cc1Cl.O=C(O)CNCP(=O)(O)O. The first kappa shape index (κ1) is 71.6. The topological polar surface area (TPSA) is 316 Å². The van der Waals surface area contributed by atoms with Crippen LogP contribution in [0.5, 0.6) is 5.75 Å². The van der Waals surface area contributed by atoms with Crippen molar-refractivity contribution in [1.82, 2.24) is 30.0 Å². The van der Waals surface area contributed by atoms with Crippen LogP contribution in [0.15, 0.2) is 60.8 Å². The van der Waals surface area contributed by atoms with Crippen molar-refractivity contribution in [3.63, 3.8) is 0 Å². The largest absolute Gasteiger partial charge is 0.489 e. The smallest absolute Gasteiger partial charge is 0.416 e. The third-order valence-corrected chi connectivity index (χ3v) is 12.2. The molecule has 2 aromatic heterocycles. The van der Waals surface area contributed by atoms with Crippen molar-refractivity contribution in [2.24, 2.45) is 0 Å². The minimum Gasteiger partial charge on any atom is -0.489 e. The Kier molecular flexibility index (Phi) is 29.1. The fourth-order valence-corrected chi connectivity index (χ4v) is 8.50. The molecule has 1 aliphatic rings. The van der Waals surface area contributed by atoms with Gasteiger partial charge in [0.1, 0.15) is 30.1 Å². The van der Waals surface area contributed by atoms with Gasteiger partial charge in [0.25, 0.3) is 5.91 Å². The van der Waals surface area contributed by atoms with Gasteiger partial charge < -0.3 is 50.5 Å². The average Bonchev–Trinajstić information content (AvgIpc) is 3.77. The molecule has 81 heavy (non-hydrogen) atoms. The number of nitrogen functional groups attached to an aromatic ring is 1. The standard InChI is InChI=1S/C15H22ClNO2.C11H11Cl2NO2.C10H5Cl2F3N4O2.C9H16ClN5.C3H8NO5P/c1-5-13-8-6-7-11(2)15(13)17(14(18)9-16)12(3)10-19-4;1-7-6-16-9-5-3-2-4-8(9)14(7)11(15)10(12)13;11-5-1-4(10(13,14)15)2-6(12)8(5)18-9(16)7(3-17-18)19(20)21;1-5-11-7-12-6(10)13-8(14-7)15-9(2,3)4;5-3(6)1-4-2-10(7,8)9/h6-8,12H,5,9-10H2,1-4H3;2-5,7,10H,6H2,1H3;1-3H,16H2;5H2,1-4H3,(H2,11,12,13,14,15);4H,1-2H2,(H,5,6)(H2,7,8,9). The first-order valence-corrected chi connectivity index (χ1v) is 28.2. The van der Waals surface area contributed by atoms with Gasteiger partial charge in [0, 0.05) is 19.2 Å². The summed E-state index contributed by atoms with van der Waals surface area (Å²) in [4.78, 5) is 74.5. The number of anilines is 5. The van der Waals surface area contributed by atoms with Gasteiger partial charge in [-0.15, -0.1) is 11.6 Å². The summed E-state index contributed by atoms with van der Waals surface area (Å²) in [7, 11) is -2.46. The average molecular weight is 1280 g/mol. The summed E-state index contributed by atoms with van der Waals surface area (Å²) in [5.74, 6) is -0.310. The van der Waals surface area contributed by atoms with E-state index in [1.165, 1.54) is 0 Å². The molecule has 2 amide bonds. The second kappa shape index (κ2) is 33.0. The number of aliphatic carboxylic acids is 1. The maximum Gasteiger partial charge on any atom is 0.416 e. The lowest BCUT2D eigenvalue weighted by Crippen LogP contribution is -2.47. The first-order chi connectivity index (χ1) is 37.6. The van der Waals surface area contributed by atoms with Gasteiger partial charge >= 0.3 is 25.4 Å². The highest BCUT2D eigenvalue weighted by Crippen LogP contribution is 2.39. The normalized spacial score (nSPS) is 13.2.